The second kappa shape index (κ2) is 11.2. The molecule has 3 heterocycles. The molecule has 13 nitrogen and oxygen atoms in total. The number of nitrogens with zero attached hydrogens (tertiary/aromatic N) is 4. The van der Waals surface area contributed by atoms with Gasteiger partial charge in [-0.3, -0.25) is 19.4 Å². The number of rotatable bonds is 8. The van der Waals surface area contributed by atoms with Crippen LogP contribution in [0.4, 0.5) is 17.1 Å². The SMILES string of the molecule is Cl.Cn1cc(NC(=O)c2cc(NC(=O)c3cc(N)cn3C)cn2C)cc1C(=O)NCCN=C(N)N. The minimum absolute atomic E-state index is 0. The summed E-state index contributed by atoms with van der Waals surface area (Å²) in [5, 5.41) is 8.21. The summed E-state index contributed by atoms with van der Waals surface area (Å²) in [6, 6.07) is 4.68. The van der Waals surface area contributed by atoms with Crippen molar-refractivity contribution >= 4 is 53.2 Å². The first-order valence-electron chi connectivity index (χ1n) is 10.3. The Kier molecular flexibility index (Phi) is 8.56. The number of aliphatic imine (C=N–C) groups is 1. The third-order valence-corrected chi connectivity index (χ3v) is 4.94. The van der Waals surface area contributed by atoms with Crippen molar-refractivity contribution in [3.05, 3.63) is 53.9 Å². The maximum atomic E-state index is 12.8. The first-order valence-corrected chi connectivity index (χ1v) is 10.3. The number of nitrogens with two attached hydrogens (primary N) is 3. The third kappa shape index (κ3) is 6.57. The summed E-state index contributed by atoms with van der Waals surface area (Å²) in [7, 11) is 5.09. The van der Waals surface area contributed by atoms with Gasteiger partial charge in [0.05, 0.1) is 23.6 Å². The minimum atomic E-state index is -0.406. The van der Waals surface area contributed by atoms with Gasteiger partial charge in [-0.2, -0.15) is 0 Å². The number of hydrogen-bond acceptors (Lipinski definition) is 5. The summed E-state index contributed by atoms with van der Waals surface area (Å²) in [4.78, 5) is 41.5. The Morgan fingerprint density at radius 2 is 1.26 bits per heavy atom. The van der Waals surface area contributed by atoms with Crippen molar-refractivity contribution in [1.82, 2.24) is 19.0 Å². The molecule has 3 amide bonds. The molecule has 0 radical (unpaired) electrons. The highest BCUT2D eigenvalue weighted by Gasteiger charge is 2.18. The lowest BCUT2D eigenvalue weighted by atomic mass is 10.3. The number of anilines is 3. The van der Waals surface area contributed by atoms with E-state index in [1.165, 1.54) is 0 Å². The van der Waals surface area contributed by atoms with E-state index in [1.54, 1.807) is 71.6 Å². The number of nitrogen functional groups attached to an aromatic ring is 1. The highest BCUT2D eigenvalue weighted by atomic mass is 35.5. The summed E-state index contributed by atoms with van der Waals surface area (Å²) in [5.74, 6) is -1.14. The predicted octanol–water partition coefficient (Wildman–Crippen LogP) is 0.214. The van der Waals surface area contributed by atoms with Crippen molar-refractivity contribution in [2.45, 2.75) is 0 Å². The molecule has 3 aromatic heterocycles. The lowest BCUT2D eigenvalue weighted by Gasteiger charge is -2.04. The molecule has 0 saturated carbocycles. The molecule has 0 spiro atoms. The van der Waals surface area contributed by atoms with Crippen LogP contribution in [0.5, 0.6) is 0 Å². The van der Waals surface area contributed by atoms with Gasteiger partial charge in [0.2, 0.25) is 0 Å². The van der Waals surface area contributed by atoms with Gasteiger partial charge in [-0.05, 0) is 18.2 Å². The molecule has 9 N–H and O–H groups in total. The van der Waals surface area contributed by atoms with Crippen LogP contribution >= 0.6 is 12.4 Å². The van der Waals surface area contributed by atoms with Crippen molar-refractivity contribution in [2.75, 3.05) is 29.5 Å². The first kappa shape index (κ1) is 26.9. The quantitative estimate of drug-likeness (QED) is 0.144. The van der Waals surface area contributed by atoms with E-state index < -0.39 is 5.91 Å². The molecule has 0 bridgehead atoms. The first-order chi connectivity index (χ1) is 16.0. The van der Waals surface area contributed by atoms with Crippen LogP contribution in [0, 0.1) is 0 Å². The number of aryl methyl sites for hydroxylation is 3. The van der Waals surface area contributed by atoms with Crippen molar-refractivity contribution < 1.29 is 14.4 Å². The second-order valence-corrected chi connectivity index (χ2v) is 7.69. The predicted molar refractivity (Wildman–Crippen MR) is 137 cm³/mol. The van der Waals surface area contributed by atoms with Gasteiger partial charge in [0.15, 0.2) is 5.96 Å². The number of nitrogens with one attached hydrogen (secondary N) is 3. The topological polar surface area (TPSA) is 193 Å². The van der Waals surface area contributed by atoms with Gasteiger partial charge in [-0.15, -0.1) is 12.4 Å². The molecule has 3 rings (SSSR count). The fourth-order valence-electron chi connectivity index (χ4n) is 3.37. The standard InChI is InChI=1S/C21H28N10O3.ClH/c1-29-9-12(22)6-15(29)19(33)27-14-8-17(31(3)11-14)20(34)28-13-7-16(30(2)10-13)18(32)25-4-5-26-21(23)24;/h6-11H,4-5,22H2,1-3H3,(H,25,32)(H,27,33)(H,28,34)(H4,23,24,26);1H. The monoisotopic (exact) mass is 504 g/mol. The van der Waals surface area contributed by atoms with Crippen molar-refractivity contribution in [2.24, 2.45) is 37.6 Å². The Morgan fingerprint density at radius 1 is 0.800 bits per heavy atom. The van der Waals surface area contributed by atoms with E-state index >= 15 is 0 Å². The molecule has 14 heteroatoms. The molecule has 188 valence electrons. The summed E-state index contributed by atoms with van der Waals surface area (Å²) in [6.45, 7) is 0.517. The Morgan fingerprint density at radius 3 is 1.71 bits per heavy atom. The van der Waals surface area contributed by atoms with Crippen LogP contribution in [-0.4, -0.2) is 50.5 Å². The van der Waals surface area contributed by atoms with Crippen LogP contribution in [-0.2, 0) is 21.1 Å². The van der Waals surface area contributed by atoms with E-state index in [4.69, 9.17) is 17.2 Å². The van der Waals surface area contributed by atoms with Crippen LogP contribution in [0.3, 0.4) is 0 Å². The molecule has 35 heavy (non-hydrogen) atoms. The maximum Gasteiger partial charge on any atom is 0.272 e. The molecular formula is C21H29ClN10O3. The number of guanidine groups is 1. The number of carbonyl (C=O) groups is 3. The normalized spacial score (nSPS) is 10.3. The van der Waals surface area contributed by atoms with Crippen LogP contribution in [0.2, 0.25) is 0 Å². The Labute approximate surface area is 207 Å². The fourth-order valence-corrected chi connectivity index (χ4v) is 3.37. The lowest BCUT2D eigenvalue weighted by molar-refractivity contribution is 0.0945. The molecule has 0 aliphatic carbocycles. The molecule has 0 aliphatic rings. The smallest absolute Gasteiger partial charge is 0.272 e. The van der Waals surface area contributed by atoms with E-state index in [9.17, 15) is 14.4 Å². The van der Waals surface area contributed by atoms with Gasteiger partial charge < -0.3 is 46.9 Å². The van der Waals surface area contributed by atoms with Gasteiger partial charge in [0, 0.05) is 46.3 Å². The zero-order valence-electron chi connectivity index (χ0n) is 19.5. The largest absolute Gasteiger partial charge is 0.397 e. The molecule has 0 aliphatic heterocycles. The minimum Gasteiger partial charge on any atom is -0.397 e. The number of carbonyl (C=O) groups excluding carboxylic acids is 3. The molecule has 0 unspecified atom stereocenters. The summed E-state index contributed by atoms with van der Waals surface area (Å²) in [5.41, 5.74) is 18.7. The van der Waals surface area contributed by atoms with E-state index in [0.717, 1.165) is 0 Å². The van der Waals surface area contributed by atoms with E-state index in [0.29, 0.717) is 34.1 Å². The van der Waals surface area contributed by atoms with Crippen LogP contribution in [0.1, 0.15) is 31.5 Å². The van der Waals surface area contributed by atoms with Gasteiger partial charge in [-0.25, -0.2) is 0 Å². The second-order valence-electron chi connectivity index (χ2n) is 7.69. The van der Waals surface area contributed by atoms with Crippen molar-refractivity contribution in [1.29, 1.82) is 0 Å². The summed E-state index contributed by atoms with van der Waals surface area (Å²) in [6.07, 6.45) is 4.88. The number of hydrogen-bond donors (Lipinski definition) is 6. The summed E-state index contributed by atoms with van der Waals surface area (Å²) < 4.78 is 4.80. The van der Waals surface area contributed by atoms with Crippen LogP contribution in [0.25, 0.3) is 0 Å². The van der Waals surface area contributed by atoms with Gasteiger partial charge in [0.25, 0.3) is 17.7 Å². The average molecular weight is 505 g/mol. The molecule has 3 aromatic rings. The van der Waals surface area contributed by atoms with E-state index in [2.05, 4.69) is 20.9 Å². The van der Waals surface area contributed by atoms with Gasteiger partial charge in [0.1, 0.15) is 17.1 Å². The van der Waals surface area contributed by atoms with Crippen molar-refractivity contribution in [3.8, 4) is 0 Å². The summed E-state index contributed by atoms with van der Waals surface area (Å²) >= 11 is 0. The molecule has 0 fully saturated rings. The van der Waals surface area contributed by atoms with Crippen molar-refractivity contribution in [3.63, 3.8) is 0 Å². The van der Waals surface area contributed by atoms with Gasteiger partial charge in [-0.1, -0.05) is 0 Å². The zero-order valence-corrected chi connectivity index (χ0v) is 20.3. The average Bonchev–Trinajstić information content (AvgIpc) is 3.41. The highest BCUT2D eigenvalue weighted by molar-refractivity contribution is 6.07. The third-order valence-electron chi connectivity index (χ3n) is 4.94. The molecule has 0 atom stereocenters. The molecule has 0 aromatic carbocycles. The van der Waals surface area contributed by atoms with Crippen LogP contribution < -0.4 is 33.2 Å². The Balaban J connectivity index is 0.00000432. The number of halogens is 1. The molecule has 0 saturated heterocycles. The molecular weight excluding hydrogens is 476 g/mol. The number of amides is 3. The van der Waals surface area contributed by atoms with E-state index in [-0.39, 0.29) is 43.3 Å². The Bertz CT molecular complexity index is 1270. The highest BCUT2D eigenvalue weighted by Crippen LogP contribution is 2.19. The fraction of sp³-hybridized carbons (Fsp3) is 0.238. The lowest BCUT2D eigenvalue weighted by Crippen LogP contribution is -2.29. The van der Waals surface area contributed by atoms with Gasteiger partial charge >= 0.3 is 0 Å². The van der Waals surface area contributed by atoms with E-state index in [1.807, 2.05) is 0 Å². The zero-order chi connectivity index (χ0) is 25.0. The number of aromatic nitrogens is 3. The van der Waals surface area contributed by atoms with Crippen LogP contribution in [0.15, 0.2) is 41.8 Å². The maximum absolute atomic E-state index is 12.8. The Hall–Kier alpha value is -4.39.